The highest BCUT2D eigenvalue weighted by Crippen LogP contribution is 2.42. The zero-order valence-electron chi connectivity index (χ0n) is 32.6. The molecule has 0 spiro atoms. The third kappa shape index (κ3) is 7.26. The normalized spacial score (nSPS) is 24.7. The van der Waals surface area contributed by atoms with Crippen LogP contribution in [0, 0.1) is 11.3 Å². The highest BCUT2D eigenvalue weighted by molar-refractivity contribution is 7.10. The van der Waals surface area contributed by atoms with Crippen molar-refractivity contribution in [1.29, 1.82) is 0 Å². The molecule has 1 saturated carbocycles. The molecule has 0 unspecified atom stereocenters. The monoisotopic (exact) mass is 767 g/mol. The Kier molecular flexibility index (Phi) is 10.5. The molecule has 3 fully saturated rings. The molecule has 13 heteroatoms. The number of aromatic nitrogens is 3. The van der Waals surface area contributed by atoms with E-state index >= 15 is 0 Å². The fourth-order valence-electron chi connectivity index (χ4n) is 9.09. The van der Waals surface area contributed by atoms with E-state index in [1.807, 2.05) is 29.5 Å². The quantitative estimate of drug-likeness (QED) is 0.216. The van der Waals surface area contributed by atoms with E-state index in [4.69, 9.17) is 19.4 Å². The summed E-state index contributed by atoms with van der Waals surface area (Å²) in [6, 6.07) is 9.08. The third-order valence-electron chi connectivity index (χ3n) is 12.1. The molecule has 1 aliphatic carbocycles. The van der Waals surface area contributed by atoms with Crippen molar-refractivity contribution < 1.29 is 23.9 Å². The number of fused-ring (bicyclic) bond motifs is 7. The Morgan fingerprint density at radius 3 is 2.80 bits per heavy atom. The lowest BCUT2D eigenvalue weighted by atomic mass is 9.77. The highest BCUT2D eigenvalue weighted by Gasteiger charge is 2.44. The molecule has 6 bridgehead atoms. The zero-order chi connectivity index (χ0) is 38.4. The van der Waals surface area contributed by atoms with E-state index in [2.05, 4.69) is 60.3 Å². The molecule has 2 N–H and O–H groups in total. The third-order valence-corrected chi connectivity index (χ3v) is 13.0. The van der Waals surface area contributed by atoms with Crippen LogP contribution in [0.4, 0.5) is 4.79 Å². The number of amides is 3. The van der Waals surface area contributed by atoms with Gasteiger partial charge in [-0.05, 0) is 81.7 Å². The van der Waals surface area contributed by atoms with Gasteiger partial charge in [-0.25, -0.2) is 15.2 Å². The van der Waals surface area contributed by atoms with Crippen LogP contribution in [0.3, 0.4) is 0 Å². The van der Waals surface area contributed by atoms with E-state index in [0.29, 0.717) is 31.7 Å². The van der Waals surface area contributed by atoms with Crippen LogP contribution in [0.1, 0.15) is 88.6 Å². The molecular formula is C42H53N7O5S. The number of carbonyl (C=O) groups is 3. The minimum atomic E-state index is -0.854. The second kappa shape index (κ2) is 15.3. The fraction of sp³-hybridized carbons (Fsp3) is 0.548. The molecule has 6 heterocycles. The van der Waals surface area contributed by atoms with Gasteiger partial charge >= 0.3 is 12.0 Å². The number of thiazole rings is 1. The Hall–Kier alpha value is -4.33. The summed E-state index contributed by atoms with van der Waals surface area (Å²) in [5.41, 5.74) is 9.73. The topological polar surface area (TPSA) is 131 Å². The van der Waals surface area contributed by atoms with Gasteiger partial charge in [0.2, 0.25) is 0 Å². The van der Waals surface area contributed by atoms with Crippen molar-refractivity contribution in [3.05, 3.63) is 58.2 Å². The summed E-state index contributed by atoms with van der Waals surface area (Å²) in [5.74, 6) is -0.115. The van der Waals surface area contributed by atoms with Crippen molar-refractivity contribution in [2.75, 3.05) is 26.8 Å². The Morgan fingerprint density at radius 1 is 1.16 bits per heavy atom. The first-order valence-corrected chi connectivity index (χ1v) is 20.8. The van der Waals surface area contributed by atoms with Gasteiger partial charge in [0.25, 0.3) is 5.91 Å². The van der Waals surface area contributed by atoms with Crippen molar-refractivity contribution in [1.82, 2.24) is 35.2 Å². The number of nitrogens with zero attached hydrogens (tertiary/aromatic N) is 5. The summed E-state index contributed by atoms with van der Waals surface area (Å²) in [5, 5.41) is 8.51. The molecule has 55 heavy (non-hydrogen) atoms. The maximum absolute atomic E-state index is 14.3. The number of hydrogen-bond donors (Lipinski definition) is 2. The molecular weight excluding hydrogens is 715 g/mol. The summed E-state index contributed by atoms with van der Waals surface area (Å²) >= 11 is 1.49. The number of carbonyl (C=O) groups excluding carboxylic acids is 3. The van der Waals surface area contributed by atoms with E-state index in [1.54, 1.807) is 7.11 Å². The van der Waals surface area contributed by atoms with Crippen LogP contribution in [-0.2, 0) is 38.4 Å². The minimum absolute atomic E-state index is 0.191. The Labute approximate surface area is 326 Å². The number of benzene rings is 1. The lowest BCUT2D eigenvalue weighted by Crippen LogP contribution is -2.65. The van der Waals surface area contributed by atoms with E-state index in [1.165, 1.54) is 22.8 Å². The van der Waals surface area contributed by atoms with Gasteiger partial charge in [-0.3, -0.25) is 19.6 Å². The minimum Gasteiger partial charge on any atom is -0.464 e. The molecule has 8 rings (SSSR count). The van der Waals surface area contributed by atoms with Crippen LogP contribution in [0.2, 0.25) is 0 Å². The van der Waals surface area contributed by atoms with Gasteiger partial charge in [0.15, 0.2) is 0 Å². The number of hydrogen-bond acceptors (Lipinski definition) is 9. The molecule has 3 aromatic heterocycles. The number of aryl methyl sites for hydroxylation is 1. The standard InChI is InChI=1S/C42H53N7O5S/c1-6-47-35-16-15-26-19-29(35)30(38(47)28-12-9-17-43-37(28)25(2)53-5)21-42(3,4)24-54-40(51)31-13-10-18-49(46-31)39(50)32(20-36-44-33(26)23-55-36)45-41(52)48-22-27-11-7-8-14-34(27)48/h9,12,15-17,19,23,25,27,31-32,34,46H,6-8,10-11,13-14,18,20-22,24H2,1-5H3,(H,45,52)/t25-,27-,31-,32-,34-/m0/s1. The second-order valence-corrected chi connectivity index (χ2v) is 17.4. The first-order chi connectivity index (χ1) is 26.5. The van der Waals surface area contributed by atoms with Crippen molar-refractivity contribution in [2.24, 2.45) is 11.3 Å². The number of nitrogens with one attached hydrogen (secondary N) is 2. The summed E-state index contributed by atoms with van der Waals surface area (Å²) in [7, 11) is 1.70. The molecule has 12 nitrogen and oxygen atoms in total. The Morgan fingerprint density at radius 2 is 2.00 bits per heavy atom. The van der Waals surface area contributed by atoms with Crippen molar-refractivity contribution in [2.45, 2.75) is 110 Å². The number of rotatable bonds is 5. The average Bonchev–Trinajstić information content (AvgIpc) is 3.77. The second-order valence-electron chi connectivity index (χ2n) is 16.5. The molecule has 2 saturated heterocycles. The molecule has 292 valence electrons. The largest absolute Gasteiger partial charge is 0.464 e. The Balaban J connectivity index is 1.21. The number of methoxy groups -OCH3 is 1. The number of ether oxygens (including phenoxy) is 2. The zero-order valence-corrected chi connectivity index (χ0v) is 33.4. The van der Waals surface area contributed by atoms with Crippen molar-refractivity contribution in [3.63, 3.8) is 0 Å². The smallest absolute Gasteiger partial charge is 0.324 e. The van der Waals surface area contributed by atoms with Gasteiger partial charge < -0.3 is 24.3 Å². The van der Waals surface area contributed by atoms with Crippen LogP contribution >= 0.6 is 11.3 Å². The maximum atomic E-state index is 14.3. The van der Waals surface area contributed by atoms with Gasteiger partial charge in [0.1, 0.15) is 12.1 Å². The molecule has 1 aromatic carbocycles. The SMILES string of the molecule is CCn1c(-c2cccnc2[C@H](C)OC)c2c3cc(ccc31)-c1csc(n1)C[C@H](NC(=O)N1C[C@@H]3CCCC[C@@H]31)C(=O)N1CCC[C@H](N1)C(=O)OCC(C)(C)C2. The van der Waals surface area contributed by atoms with Crippen LogP contribution in [-0.4, -0.2) is 87.3 Å². The number of hydrazine groups is 1. The first-order valence-electron chi connectivity index (χ1n) is 19.9. The molecule has 3 aliphatic heterocycles. The molecule has 5 atom stereocenters. The van der Waals surface area contributed by atoms with Crippen LogP contribution in [0.5, 0.6) is 0 Å². The Bertz CT molecular complexity index is 2090. The van der Waals surface area contributed by atoms with Gasteiger partial charge in [-0.15, -0.1) is 11.3 Å². The number of pyridine rings is 1. The van der Waals surface area contributed by atoms with E-state index in [-0.39, 0.29) is 43.1 Å². The molecule has 4 aromatic rings. The number of likely N-dealkylation sites (tertiary alicyclic amines) is 1. The van der Waals surface area contributed by atoms with Crippen LogP contribution in [0.15, 0.2) is 41.9 Å². The van der Waals surface area contributed by atoms with Crippen molar-refractivity contribution in [3.8, 4) is 22.5 Å². The van der Waals surface area contributed by atoms with E-state index in [9.17, 15) is 14.4 Å². The van der Waals surface area contributed by atoms with Crippen LogP contribution < -0.4 is 10.7 Å². The van der Waals surface area contributed by atoms with E-state index < -0.39 is 17.5 Å². The number of urea groups is 1. The lowest BCUT2D eigenvalue weighted by molar-refractivity contribution is -0.155. The van der Waals surface area contributed by atoms with Crippen molar-refractivity contribution >= 4 is 40.1 Å². The molecule has 0 radical (unpaired) electrons. The number of esters is 1. The predicted molar refractivity (Wildman–Crippen MR) is 212 cm³/mol. The van der Waals surface area contributed by atoms with Crippen LogP contribution in [0.25, 0.3) is 33.4 Å². The van der Waals surface area contributed by atoms with Gasteiger partial charge in [0.05, 0.1) is 34.8 Å². The molecule has 3 amide bonds. The first kappa shape index (κ1) is 37.6. The maximum Gasteiger partial charge on any atom is 0.324 e. The van der Waals surface area contributed by atoms with Gasteiger partial charge in [0, 0.05) is 78.2 Å². The highest BCUT2D eigenvalue weighted by atomic mass is 32.1. The fourth-order valence-corrected chi connectivity index (χ4v) is 9.94. The molecule has 4 aliphatic rings. The van der Waals surface area contributed by atoms with E-state index in [0.717, 1.165) is 82.0 Å². The van der Waals surface area contributed by atoms with Gasteiger partial charge in [-0.2, -0.15) is 0 Å². The summed E-state index contributed by atoms with van der Waals surface area (Å²) in [6.45, 7) is 10.5. The predicted octanol–water partition coefficient (Wildman–Crippen LogP) is 6.67. The average molecular weight is 768 g/mol. The summed E-state index contributed by atoms with van der Waals surface area (Å²) in [4.78, 5) is 53.5. The number of cyclic esters (lactones) is 1. The van der Waals surface area contributed by atoms with Gasteiger partial charge in [-0.1, -0.05) is 32.8 Å². The summed E-state index contributed by atoms with van der Waals surface area (Å²) in [6.07, 6.45) is 8.13. The lowest BCUT2D eigenvalue weighted by Gasteiger charge is -2.51. The summed E-state index contributed by atoms with van der Waals surface area (Å²) < 4.78 is 14.2.